The molecule has 0 radical (unpaired) electrons. The molecule has 2 atom stereocenters. The molecule has 2 rings (SSSR count). The topological polar surface area (TPSA) is 55.4 Å². The van der Waals surface area contributed by atoms with E-state index in [2.05, 4.69) is 21.2 Å². The fourth-order valence-electron chi connectivity index (χ4n) is 2.21. The van der Waals surface area contributed by atoms with Crippen LogP contribution in [0.1, 0.15) is 18.2 Å². The maximum Gasteiger partial charge on any atom is 0.157 e. The highest BCUT2D eigenvalue weighted by atomic mass is 79.9. The second kappa shape index (κ2) is 6.67. The molecule has 7 heteroatoms. The fraction of sp³-hybridized carbons (Fsp3) is 0.667. The molecule has 19 heavy (non-hydrogen) atoms. The van der Waals surface area contributed by atoms with Crippen LogP contribution in [-0.2, 0) is 21.1 Å². The summed E-state index contributed by atoms with van der Waals surface area (Å²) in [5, 5.41) is 4.87. The smallest absolute Gasteiger partial charge is 0.157 e. The molecule has 0 spiro atoms. The second-order valence-corrected chi connectivity index (χ2v) is 8.93. The second-order valence-electron chi connectivity index (χ2n) is 4.68. The minimum atomic E-state index is -3.05. The van der Waals surface area contributed by atoms with Gasteiger partial charge in [-0.3, -0.25) is 0 Å². The van der Waals surface area contributed by atoms with Gasteiger partial charge in [-0.05, 0) is 35.3 Å². The summed E-state index contributed by atoms with van der Waals surface area (Å²) in [4.78, 5) is 1.20. The highest BCUT2D eigenvalue weighted by molar-refractivity contribution is 9.10. The Kier molecular flexibility index (Phi) is 5.42. The van der Waals surface area contributed by atoms with Gasteiger partial charge in [-0.2, -0.15) is 0 Å². The number of hydrogen-bond acceptors (Lipinski definition) is 5. The van der Waals surface area contributed by atoms with Crippen molar-refractivity contribution in [1.29, 1.82) is 0 Å². The zero-order valence-corrected chi connectivity index (χ0v) is 14.0. The summed E-state index contributed by atoms with van der Waals surface area (Å²) in [5.74, 6) is 0.178. The van der Waals surface area contributed by atoms with Gasteiger partial charge < -0.3 is 10.1 Å². The van der Waals surface area contributed by atoms with Gasteiger partial charge in [0.25, 0.3) is 0 Å². The van der Waals surface area contributed by atoms with Crippen LogP contribution < -0.4 is 5.32 Å². The molecule has 1 saturated heterocycles. The number of rotatable bonds is 6. The maximum absolute atomic E-state index is 12.1. The Bertz CT molecular complexity index is 515. The van der Waals surface area contributed by atoms with Crippen LogP contribution in [0.25, 0.3) is 0 Å². The molecular weight excluding hydrogens is 350 g/mol. The highest BCUT2D eigenvalue weighted by Crippen LogP contribution is 2.21. The summed E-state index contributed by atoms with van der Waals surface area (Å²) in [7, 11) is -3.05. The van der Waals surface area contributed by atoms with Crippen LogP contribution in [0.2, 0.25) is 0 Å². The van der Waals surface area contributed by atoms with Crippen molar-refractivity contribution >= 4 is 37.1 Å². The van der Waals surface area contributed by atoms with Gasteiger partial charge in [0.15, 0.2) is 9.84 Å². The minimum absolute atomic E-state index is 0.168. The SMILES string of the molecule is CC1OCCC1S(=O)(=O)CCNCc1cc(Br)cs1. The third-order valence-corrected chi connectivity index (χ3v) is 7.26. The van der Waals surface area contributed by atoms with Crippen molar-refractivity contribution in [2.24, 2.45) is 0 Å². The van der Waals surface area contributed by atoms with Crippen LogP contribution in [-0.4, -0.2) is 38.7 Å². The van der Waals surface area contributed by atoms with Gasteiger partial charge in [-0.25, -0.2) is 8.42 Å². The quantitative estimate of drug-likeness (QED) is 0.783. The summed E-state index contributed by atoms with van der Waals surface area (Å²) in [6.07, 6.45) is 0.458. The van der Waals surface area contributed by atoms with Crippen LogP contribution in [0.3, 0.4) is 0 Å². The summed E-state index contributed by atoms with van der Waals surface area (Å²) in [6.45, 7) is 3.59. The number of ether oxygens (including phenoxy) is 1. The van der Waals surface area contributed by atoms with E-state index in [1.54, 1.807) is 11.3 Å². The number of hydrogen-bond donors (Lipinski definition) is 1. The van der Waals surface area contributed by atoms with E-state index in [9.17, 15) is 8.42 Å². The van der Waals surface area contributed by atoms with Crippen molar-refractivity contribution in [3.05, 3.63) is 20.8 Å². The molecule has 1 N–H and O–H groups in total. The van der Waals surface area contributed by atoms with E-state index < -0.39 is 9.84 Å². The van der Waals surface area contributed by atoms with Crippen molar-refractivity contribution in [2.75, 3.05) is 18.9 Å². The summed E-state index contributed by atoms with van der Waals surface area (Å²) in [6, 6.07) is 2.04. The Morgan fingerprint density at radius 2 is 2.37 bits per heavy atom. The normalized spacial score (nSPS) is 23.9. The third kappa shape index (κ3) is 4.26. The van der Waals surface area contributed by atoms with E-state index in [1.807, 2.05) is 18.4 Å². The molecular formula is C12H18BrNO3S2. The van der Waals surface area contributed by atoms with E-state index in [0.717, 1.165) is 4.47 Å². The Hall–Kier alpha value is 0.0500. The summed E-state index contributed by atoms with van der Waals surface area (Å²) < 4.78 is 30.7. The zero-order valence-electron chi connectivity index (χ0n) is 10.8. The molecule has 0 aromatic carbocycles. The van der Waals surface area contributed by atoms with Crippen molar-refractivity contribution in [2.45, 2.75) is 31.2 Å². The van der Waals surface area contributed by atoms with Crippen molar-refractivity contribution in [3.8, 4) is 0 Å². The Balaban J connectivity index is 1.75. The molecule has 1 aliphatic rings. The average Bonchev–Trinajstić information content (AvgIpc) is 2.94. The fourth-order valence-corrected chi connectivity index (χ4v) is 5.48. The predicted octanol–water partition coefficient (Wildman–Crippen LogP) is 2.19. The van der Waals surface area contributed by atoms with Crippen LogP contribution in [0.15, 0.2) is 15.9 Å². The monoisotopic (exact) mass is 367 g/mol. The third-order valence-electron chi connectivity index (χ3n) is 3.25. The lowest BCUT2D eigenvalue weighted by molar-refractivity contribution is 0.126. The first-order valence-electron chi connectivity index (χ1n) is 6.26. The molecule has 1 fully saturated rings. The van der Waals surface area contributed by atoms with E-state index in [4.69, 9.17) is 4.74 Å². The maximum atomic E-state index is 12.1. The van der Waals surface area contributed by atoms with Crippen molar-refractivity contribution in [1.82, 2.24) is 5.32 Å². The van der Waals surface area contributed by atoms with Crippen LogP contribution in [0, 0.1) is 0 Å². The molecule has 1 aliphatic heterocycles. The average molecular weight is 368 g/mol. The first kappa shape index (κ1) is 15.4. The van der Waals surface area contributed by atoms with Gasteiger partial charge in [0.05, 0.1) is 17.1 Å². The van der Waals surface area contributed by atoms with E-state index in [0.29, 0.717) is 26.1 Å². The predicted molar refractivity (Wildman–Crippen MR) is 81.3 cm³/mol. The Morgan fingerprint density at radius 3 is 2.95 bits per heavy atom. The van der Waals surface area contributed by atoms with Gasteiger partial charge in [0.1, 0.15) is 0 Å². The van der Waals surface area contributed by atoms with Crippen LogP contribution >= 0.6 is 27.3 Å². The first-order valence-corrected chi connectivity index (χ1v) is 9.64. The van der Waals surface area contributed by atoms with Crippen molar-refractivity contribution < 1.29 is 13.2 Å². The van der Waals surface area contributed by atoms with Gasteiger partial charge in [-0.15, -0.1) is 11.3 Å². The standard InChI is InChI=1S/C12H18BrNO3S2/c1-9-12(2-4-17-9)19(15,16)5-3-14-7-11-6-10(13)8-18-11/h6,8-9,12,14H,2-5,7H2,1H3. The van der Waals surface area contributed by atoms with E-state index in [1.165, 1.54) is 4.88 Å². The van der Waals surface area contributed by atoms with E-state index >= 15 is 0 Å². The Morgan fingerprint density at radius 1 is 1.58 bits per heavy atom. The molecule has 0 bridgehead atoms. The number of nitrogens with one attached hydrogen (secondary N) is 1. The zero-order chi connectivity index (χ0) is 13.9. The van der Waals surface area contributed by atoms with Gasteiger partial charge >= 0.3 is 0 Å². The van der Waals surface area contributed by atoms with Crippen LogP contribution in [0.5, 0.6) is 0 Å². The van der Waals surface area contributed by atoms with Gasteiger partial charge in [0, 0.05) is 34.4 Å². The minimum Gasteiger partial charge on any atom is -0.377 e. The van der Waals surface area contributed by atoms with Gasteiger partial charge in [0.2, 0.25) is 0 Å². The molecule has 0 aliphatic carbocycles. The first-order chi connectivity index (χ1) is 8.99. The molecule has 0 saturated carbocycles. The molecule has 2 unspecified atom stereocenters. The Labute approximate surface area is 126 Å². The number of thiophene rings is 1. The lowest BCUT2D eigenvalue weighted by Crippen LogP contribution is -2.33. The lowest BCUT2D eigenvalue weighted by Gasteiger charge is -2.15. The molecule has 1 aromatic heterocycles. The molecule has 4 nitrogen and oxygen atoms in total. The lowest BCUT2D eigenvalue weighted by atomic mass is 10.3. The molecule has 108 valence electrons. The van der Waals surface area contributed by atoms with Crippen LogP contribution in [0.4, 0.5) is 0 Å². The van der Waals surface area contributed by atoms with Gasteiger partial charge in [-0.1, -0.05) is 0 Å². The van der Waals surface area contributed by atoms with E-state index in [-0.39, 0.29) is 17.1 Å². The molecule has 2 heterocycles. The molecule has 0 amide bonds. The number of halogens is 1. The summed E-state index contributed by atoms with van der Waals surface area (Å²) in [5.41, 5.74) is 0. The number of sulfone groups is 1. The highest BCUT2D eigenvalue weighted by Gasteiger charge is 2.35. The molecule has 1 aromatic rings. The van der Waals surface area contributed by atoms with Crippen molar-refractivity contribution in [3.63, 3.8) is 0 Å². The summed E-state index contributed by atoms with van der Waals surface area (Å²) >= 11 is 5.05. The largest absolute Gasteiger partial charge is 0.377 e.